The molecule has 1 aromatic carbocycles. The van der Waals surface area contributed by atoms with Crippen molar-refractivity contribution >= 4 is 29.5 Å². The predicted molar refractivity (Wildman–Crippen MR) is 133 cm³/mol. The predicted octanol–water partition coefficient (Wildman–Crippen LogP) is 2.72. The fraction of sp³-hybridized carbons (Fsp3) is 0.519. The number of hydrogen-bond acceptors (Lipinski definition) is 6. The molecule has 1 N–H and O–H groups in total. The fourth-order valence-corrected chi connectivity index (χ4v) is 8.06. The van der Waals surface area contributed by atoms with Gasteiger partial charge in [-0.1, -0.05) is 74.4 Å². The number of benzene rings is 1. The molecule has 35 heavy (non-hydrogen) atoms. The third kappa shape index (κ3) is 3.91. The number of carbonyl (C=O) groups is 3. The number of rotatable bonds is 7. The lowest BCUT2D eigenvalue weighted by Crippen LogP contribution is -2.54. The highest BCUT2D eigenvalue weighted by molar-refractivity contribution is 8.02. The molecule has 1 unspecified atom stereocenters. The van der Waals surface area contributed by atoms with Crippen molar-refractivity contribution in [2.24, 2.45) is 11.8 Å². The molecule has 6 atom stereocenters. The first-order valence-electron chi connectivity index (χ1n) is 12.5. The van der Waals surface area contributed by atoms with E-state index in [1.54, 1.807) is 4.90 Å². The summed E-state index contributed by atoms with van der Waals surface area (Å²) in [7, 11) is 0. The molecule has 2 fully saturated rings. The van der Waals surface area contributed by atoms with Gasteiger partial charge in [-0.2, -0.15) is 0 Å². The molecule has 5 rings (SSSR count). The van der Waals surface area contributed by atoms with Gasteiger partial charge in [0.2, 0.25) is 11.8 Å². The molecule has 2 saturated heterocycles. The summed E-state index contributed by atoms with van der Waals surface area (Å²) in [6.07, 6.45) is 10.7. The molecular weight excluding hydrogens is 464 g/mol. The smallest absolute Gasteiger partial charge is 0.311 e. The zero-order valence-corrected chi connectivity index (χ0v) is 20.7. The van der Waals surface area contributed by atoms with Gasteiger partial charge in [-0.3, -0.25) is 14.4 Å². The van der Waals surface area contributed by atoms with Gasteiger partial charge in [0, 0.05) is 18.3 Å². The second-order valence-electron chi connectivity index (χ2n) is 9.65. The summed E-state index contributed by atoms with van der Waals surface area (Å²) in [6, 6.07) is 7.84. The number of aliphatic hydroxyl groups excluding tert-OH is 1. The van der Waals surface area contributed by atoms with Crippen LogP contribution in [0.3, 0.4) is 0 Å². The lowest BCUT2D eigenvalue weighted by atomic mass is 9.78. The van der Waals surface area contributed by atoms with Crippen LogP contribution in [-0.2, 0) is 19.1 Å². The average molecular weight is 497 g/mol. The first-order valence-corrected chi connectivity index (χ1v) is 13.4. The molecule has 0 bridgehead atoms. The molecule has 4 aliphatic heterocycles. The van der Waals surface area contributed by atoms with Crippen LogP contribution in [0.4, 0.5) is 0 Å². The number of carbonyl (C=O) groups excluding carboxylic acids is 3. The van der Waals surface area contributed by atoms with Gasteiger partial charge in [0.15, 0.2) is 0 Å². The molecule has 8 heteroatoms. The first-order chi connectivity index (χ1) is 17.0. The Morgan fingerprint density at radius 1 is 1.14 bits per heavy atom. The van der Waals surface area contributed by atoms with Crippen LogP contribution in [-0.4, -0.2) is 75.0 Å². The number of nitrogens with zero attached hydrogens (tertiary/aromatic N) is 2. The van der Waals surface area contributed by atoms with Crippen molar-refractivity contribution in [3.8, 4) is 0 Å². The molecule has 0 aromatic heterocycles. The Morgan fingerprint density at radius 2 is 1.94 bits per heavy atom. The van der Waals surface area contributed by atoms with Crippen LogP contribution in [0, 0.1) is 11.8 Å². The van der Waals surface area contributed by atoms with Crippen molar-refractivity contribution in [1.29, 1.82) is 0 Å². The number of esters is 1. The Bertz CT molecular complexity index is 1040. The van der Waals surface area contributed by atoms with Gasteiger partial charge in [0.1, 0.15) is 12.6 Å². The molecule has 0 aliphatic carbocycles. The second kappa shape index (κ2) is 9.82. The number of thioether (sulfide) groups is 1. The summed E-state index contributed by atoms with van der Waals surface area (Å²) in [5.74, 6) is -2.17. The summed E-state index contributed by atoms with van der Waals surface area (Å²) in [5.41, 5.74) is 0.766. The zero-order chi connectivity index (χ0) is 24.6. The van der Waals surface area contributed by atoms with Crippen molar-refractivity contribution < 1.29 is 24.2 Å². The van der Waals surface area contributed by atoms with Crippen LogP contribution >= 0.6 is 11.8 Å². The molecule has 4 heterocycles. The number of cyclic esters (lactones) is 1. The molecule has 2 amide bonds. The van der Waals surface area contributed by atoms with E-state index in [1.165, 1.54) is 11.8 Å². The van der Waals surface area contributed by atoms with Crippen LogP contribution in [0.1, 0.15) is 37.8 Å². The number of hydrogen-bond donors (Lipinski definition) is 1. The summed E-state index contributed by atoms with van der Waals surface area (Å²) in [5, 5.41) is 10.2. The van der Waals surface area contributed by atoms with Crippen LogP contribution < -0.4 is 0 Å². The number of ether oxygens (including phenoxy) is 1. The molecule has 0 radical (unpaired) electrons. The number of likely N-dealkylation sites (tertiary alicyclic amines) is 1. The highest BCUT2D eigenvalue weighted by atomic mass is 32.2. The maximum atomic E-state index is 14.2. The first kappa shape index (κ1) is 24.1. The maximum absolute atomic E-state index is 14.2. The third-order valence-corrected chi connectivity index (χ3v) is 9.40. The van der Waals surface area contributed by atoms with Gasteiger partial charge >= 0.3 is 5.97 Å². The Kier molecular flexibility index (Phi) is 6.77. The Hall–Kier alpha value is -2.58. The molecule has 186 valence electrons. The molecule has 1 spiro atoms. The molecule has 7 nitrogen and oxygen atoms in total. The van der Waals surface area contributed by atoms with Gasteiger partial charge in [0.05, 0.1) is 29.2 Å². The van der Waals surface area contributed by atoms with Gasteiger partial charge < -0.3 is 19.6 Å². The van der Waals surface area contributed by atoms with Gasteiger partial charge in [-0.05, 0) is 12.0 Å². The standard InChI is InChI=1S/C27H32N2O5S/c1-2-3-7-14-28-15-9-13-27-22(21-20(35-27)12-8-16-34-26(21)33)24(31)29(23(27)25(28)32)19(17-30)18-10-5-4-6-11-18/h4-6,8-13,19-23,30H,2-3,7,14-17H2,1H3/t19-,20+,21-,22+,23?,27+/m1/s1. The van der Waals surface area contributed by atoms with Gasteiger partial charge in [-0.15, -0.1) is 11.8 Å². The van der Waals surface area contributed by atoms with Crippen molar-refractivity contribution in [3.05, 3.63) is 60.2 Å². The third-order valence-electron chi connectivity index (χ3n) is 7.66. The lowest BCUT2D eigenvalue weighted by molar-refractivity contribution is -0.152. The minimum Gasteiger partial charge on any atom is -0.461 e. The van der Waals surface area contributed by atoms with E-state index >= 15 is 0 Å². The number of unbranched alkanes of at least 4 members (excludes halogenated alkanes) is 2. The topological polar surface area (TPSA) is 87.2 Å². The largest absolute Gasteiger partial charge is 0.461 e. The van der Waals surface area contributed by atoms with Gasteiger partial charge in [0.25, 0.3) is 0 Å². The Balaban J connectivity index is 1.62. The molecule has 4 aliphatic rings. The van der Waals surface area contributed by atoms with E-state index < -0.39 is 34.6 Å². The minimum absolute atomic E-state index is 0.113. The van der Waals surface area contributed by atoms with Crippen LogP contribution in [0.25, 0.3) is 0 Å². The van der Waals surface area contributed by atoms with Crippen LogP contribution in [0.5, 0.6) is 0 Å². The lowest BCUT2D eigenvalue weighted by Gasteiger charge is -2.38. The number of fused-ring (bicyclic) bond motifs is 2. The molecule has 1 aromatic rings. The fourth-order valence-electron chi connectivity index (χ4n) is 6.07. The van der Waals surface area contributed by atoms with E-state index in [-0.39, 0.29) is 30.3 Å². The van der Waals surface area contributed by atoms with Crippen molar-refractivity contribution in [2.75, 3.05) is 26.3 Å². The minimum atomic E-state index is -0.897. The number of aliphatic hydroxyl groups is 1. The van der Waals surface area contributed by atoms with E-state index in [4.69, 9.17) is 4.74 Å². The van der Waals surface area contributed by atoms with E-state index in [0.717, 1.165) is 24.8 Å². The Morgan fingerprint density at radius 3 is 2.69 bits per heavy atom. The van der Waals surface area contributed by atoms with E-state index in [2.05, 4.69) is 6.92 Å². The quantitative estimate of drug-likeness (QED) is 0.355. The zero-order valence-electron chi connectivity index (χ0n) is 19.9. The summed E-state index contributed by atoms with van der Waals surface area (Å²) < 4.78 is 4.53. The molecular formula is C27H32N2O5S. The Labute approximate surface area is 210 Å². The highest BCUT2D eigenvalue weighted by Gasteiger charge is 2.71. The van der Waals surface area contributed by atoms with Crippen molar-refractivity contribution in [3.63, 3.8) is 0 Å². The van der Waals surface area contributed by atoms with Crippen LogP contribution in [0.2, 0.25) is 0 Å². The normalized spacial score (nSPS) is 32.6. The van der Waals surface area contributed by atoms with E-state index in [0.29, 0.717) is 13.1 Å². The van der Waals surface area contributed by atoms with Gasteiger partial charge in [-0.25, -0.2) is 0 Å². The summed E-state index contributed by atoms with van der Waals surface area (Å²) in [4.78, 5) is 44.9. The van der Waals surface area contributed by atoms with Crippen molar-refractivity contribution in [1.82, 2.24) is 9.80 Å². The van der Waals surface area contributed by atoms with E-state index in [1.807, 2.05) is 59.5 Å². The average Bonchev–Trinajstić information content (AvgIpc) is 3.17. The monoisotopic (exact) mass is 496 g/mol. The van der Waals surface area contributed by atoms with Crippen LogP contribution in [0.15, 0.2) is 54.6 Å². The number of amides is 2. The molecule has 0 saturated carbocycles. The highest BCUT2D eigenvalue weighted by Crippen LogP contribution is 2.62. The second-order valence-corrected chi connectivity index (χ2v) is 11.1. The summed E-state index contributed by atoms with van der Waals surface area (Å²) >= 11 is 1.53. The van der Waals surface area contributed by atoms with E-state index in [9.17, 15) is 19.5 Å². The maximum Gasteiger partial charge on any atom is 0.311 e. The van der Waals surface area contributed by atoms with Crippen molar-refractivity contribution in [2.45, 2.75) is 48.3 Å². The SMILES string of the molecule is CCCCCN1CC=C[C@]23S[C@H]4C=CCOC(=O)[C@H]4[C@H]2C(=O)N([C@H](CO)c2ccccc2)C3C1=O. The summed E-state index contributed by atoms with van der Waals surface area (Å²) in [6.45, 7) is 3.09.